The molecule has 26 heavy (non-hydrogen) atoms. The maximum absolute atomic E-state index is 12.8. The predicted molar refractivity (Wildman–Crippen MR) is 103 cm³/mol. The fourth-order valence-corrected chi connectivity index (χ4v) is 3.61. The quantitative estimate of drug-likeness (QED) is 0.777. The Hall–Kier alpha value is -2.49. The molecule has 2 aromatic carbocycles. The van der Waals surface area contributed by atoms with Gasteiger partial charge in [0.2, 0.25) is 5.91 Å². The van der Waals surface area contributed by atoms with E-state index in [-0.39, 0.29) is 11.9 Å². The van der Waals surface area contributed by atoms with Crippen molar-refractivity contribution in [2.75, 3.05) is 20.8 Å². The molecule has 0 aliphatic carbocycles. The number of hydrogen-bond donors (Lipinski definition) is 0. The summed E-state index contributed by atoms with van der Waals surface area (Å²) >= 11 is 0. The first kappa shape index (κ1) is 18.3. The summed E-state index contributed by atoms with van der Waals surface area (Å²) in [7, 11) is 3.28. The average molecular weight is 353 g/mol. The molecule has 1 atom stereocenters. The smallest absolute Gasteiger partial charge is 0.223 e. The van der Waals surface area contributed by atoms with Gasteiger partial charge in [-0.2, -0.15) is 0 Å². The molecule has 2 aromatic rings. The van der Waals surface area contributed by atoms with Crippen LogP contribution in [0.5, 0.6) is 11.5 Å². The monoisotopic (exact) mass is 353 g/mol. The molecule has 1 amide bonds. The topological polar surface area (TPSA) is 38.8 Å². The van der Waals surface area contributed by atoms with E-state index in [1.165, 1.54) is 11.1 Å². The first-order chi connectivity index (χ1) is 12.6. The maximum Gasteiger partial charge on any atom is 0.223 e. The molecule has 0 N–H and O–H groups in total. The van der Waals surface area contributed by atoms with Crippen LogP contribution < -0.4 is 9.47 Å². The van der Waals surface area contributed by atoms with Crippen molar-refractivity contribution in [1.82, 2.24) is 4.90 Å². The van der Waals surface area contributed by atoms with Crippen LogP contribution in [0, 0.1) is 6.92 Å². The SMILES string of the molecule is COc1cc(CCC(=O)N2CCCC2c2ccc(C)cc2)cc(OC)c1. The van der Waals surface area contributed by atoms with E-state index in [2.05, 4.69) is 31.2 Å². The summed E-state index contributed by atoms with van der Waals surface area (Å²) in [5.74, 6) is 1.73. The third-order valence-corrected chi connectivity index (χ3v) is 5.07. The van der Waals surface area contributed by atoms with E-state index in [9.17, 15) is 4.79 Å². The molecule has 1 aliphatic rings. The number of carbonyl (C=O) groups excluding carboxylic acids is 1. The van der Waals surface area contributed by atoms with Crippen LogP contribution in [-0.2, 0) is 11.2 Å². The number of hydrogen-bond acceptors (Lipinski definition) is 3. The average Bonchev–Trinajstić information content (AvgIpc) is 3.16. The standard InChI is InChI=1S/C22H27NO3/c1-16-6-9-18(10-7-16)21-5-4-12-23(21)22(24)11-8-17-13-19(25-2)15-20(14-17)26-3/h6-7,9-10,13-15,21H,4-5,8,11-12H2,1-3H3. The van der Waals surface area contributed by atoms with Gasteiger partial charge in [0.15, 0.2) is 0 Å². The van der Waals surface area contributed by atoms with Crippen molar-refractivity contribution in [3.05, 3.63) is 59.2 Å². The van der Waals surface area contributed by atoms with Crippen molar-refractivity contribution < 1.29 is 14.3 Å². The van der Waals surface area contributed by atoms with Crippen LogP contribution in [0.3, 0.4) is 0 Å². The zero-order valence-corrected chi connectivity index (χ0v) is 15.8. The van der Waals surface area contributed by atoms with Gasteiger partial charge in [0, 0.05) is 19.0 Å². The molecule has 0 aromatic heterocycles. The third kappa shape index (κ3) is 4.18. The van der Waals surface area contributed by atoms with E-state index in [1.807, 2.05) is 23.1 Å². The normalized spacial score (nSPS) is 16.6. The van der Waals surface area contributed by atoms with Gasteiger partial charge >= 0.3 is 0 Å². The van der Waals surface area contributed by atoms with E-state index in [0.717, 1.165) is 36.4 Å². The Kier molecular flexibility index (Phi) is 5.82. The van der Waals surface area contributed by atoms with Crippen LogP contribution in [0.2, 0.25) is 0 Å². The lowest BCUT2D eigenvalue weighted by Gasteiger charge is -2.25. The molecule has 1 heterocycles. The number of aryl methyl sites for hydroxylation is 2. The lowest BCUT2D eigenvalue weighted by molar-refractivity contribution is -0.132. The lowest BCUT2D eigenvalue weighted by Crippen LogP contribution is -2.30. The van der Waals surface area contributed by atoms with Gasteiger partial charge in [-0.05, 0) is 49.4 Å². The summed E-state index contributed by atoms with van der Waals surface area (Å²) in [4.78, 5) is 14.9. The predicted octanol–water partition coefficient (Wildman–Crippen LogP) is 4.31. The number of benzene rings is 2. The fraction of sp³-hybridized carbons (Fsp3) is 0.409. The largest absolute Gasteiger partial charge is 0.497 e. The van der Waals surface area contributed by atoms with E-state index in [4.69, 9.17) is 9.47 Å². The lowest BCUT2D eigenvalue weighted by atomic mass is 10.0. The third-order valence-electron chi connectivity index (χ3n) is 5.07. The minimum Gasteiger partial charge on any atom is -0.497 e. The van der Waals surface area contributed by atoms with E-state index in [0.29, 0.717) is 12.8 Å². The zero-order valence-electron chi connectivity index (χ0n) is 15.8. The number of likely N-dealkylation sites (tertiary alicyclic amines) is 1. The van der Waals surface area contributed by atoms with Crippen molar-refractivity contribution in [3.8, 4) is 11.5 Å². The molecule has 0 bridgehead atoms. The van der Waals surface area contributed by atoms with Crippen LogP contribution in [0.4, 0.5) is 0 Å². The summed E-state index contributed by atoms with van der Waals surface area (Å²) in [5, 5.41) is 0. The number of ether oxygens (including phenoxy) is 2. The molecule has 3 rings (SSSR count). The Balaban J connectivity index is 1.66. The zero-order chi connectivity index (χ0) is 18.5. The van der Waals surface area contributed by atoms with Gasteiger partial charge in [-0.25, -0.2) is 0 Å². The number of amides is 1. The van der Waals surface area contributed by atoms with Crippen LogP contribution in [-0.4, -0.2) is 31.6 Å². The molecule has 1 fully saturated rings. The number of carbonyl (C=O) groups is 1. The molecule has 0 spiro atoms. The van der Waals surface area contributed by atoms with Crippen LogP contribution in [0.1, 0.15) is 42.0 Å². The second-order valence-electron chi connectivity index (χ2n) is 6.88. The second-order valence-corrected chi connectivity index (χ2v) is 6.88. The minimum absolute atomic E-state index is 0.211. The summed E-state index contributed by atoms with van der Waals surface area (Å²) in [6, 6.07) is 14.5. The van der Waals surface area contributed by atoms with E-state index in [1.54, 1.807) is 14.2 Å². The van der Waals surface area contributed by atoms with Gasteiger partial charge in [0.05, 0.1) is 20.3 Å². The second kappa shape index (κ2) is 8.26. The molecule has 4 heteroatoms. The van der Waals surface area contributed by atoms with Gasteiger partial charge in [-0.3, -0.25) is 4.79 Å². The van der Waals surface area contributed by atoms with Crippen molar-refractivity contribution in [2.24, 2.45) is 0 Å². The molecule has 138 valence electrons. The van der Waals surface area contributed by atoms with Crippen molar-refractivity contribution >= 4 is 5.91 Å². The molecule has 1 saturated heterocycles. The number of nitrogens with zero attached hydrogens (tertiary/aromatic N) is 1. The summed E-state index contributed by atoms with van der Waals surface area (Å²) in [5.41, 5.74) is 3.54. The maximum atomic E-state index is 12.8. The molecule has 1 aliphatic heterocycles. The highest BCUT2D eigenvalue weighted by Gasteiger charge is 2.29. The van der Waals surface area contributed by atoms with Gasteiger partial charge in [0.25, 0.3) is 0 Å². The molecular weight excluding hydrogens is 326 g/mol. The van der Waals surface area contributed by atoms with Crippen molar-refractivity contribution in [3.63, 3.8) is 0 Å². The van der Waals surface area contributed by atoms with Crippen molar-refractivity contribution in [1.29, 1.82) is 0 Å². The molecule has 0 saturated carbocycles. The highest BCUT2D eigenvalue weighted by Crippen LogP contribution is 2.33. The number of methoxy groups -OCH3 is 2. The highest BCUT2D eigenvalue weighted by molar-refractivity contribution is 5.77. The Labute approximate surface area is 155 Å². The Morgan fingerprint density at radius 2 is 1.73 bits per heavy atom. The summed E-state index contributed by atoms with van der Waals surface area (Å²) < 4.78 is 10.6. The van der Waals surface area contributed by atoms with Gasteiger partial charge in [0.1, 0.15) is 11.5 Å². The van der Waals surface area contributed by atoms with Gasteiger partial charge in [-0.1, -0.05) is 29.8 Å². The first-order valence-electron chi connectivity index (χ1n) is 9.18. The van der Waals surface area contributed by atoms with Crippen molar-refractivity contribution in [2.45, 2.75) is 38.6 Å². The first-order valence-corrected chi connectivity index (χ1v) is 9.18. The fourth-order valence-electron chi connectivity index (χ4n) is 3.61. The van der Waals surface area contributed by atoms with E-state index >= 15 is 0 Å². The summed E-state index contributed by atoms with van der Waals surface area (Å²) in [6.07, 6.45) is 3.29. The van der Waals surface area contributed by atoms with Gasteiger partial charge in [-0.15, -0.1) is 0 Å². The van der Waals surface area contributed by atoms with E-state index < -0.39 is 0 Å². The molecule has 1 unspecified atom stereocenters. The Morgan fingerprint density at radius 1 is 1.08 bits per heavy atom. The Bertz CT molecular complexity index is 732. The summed E-state index contributed by atoms with van der Waals surface area (Å²) in [6.45, 7) is 2.93. The van der Waals surface area contributed by atoms with Crippen LogP contribution in [0.25, 0.3) is 0 Å². The number of rotatable bonds is 6. The molecular formula is C22H27NO3. The minimum atomic E-state index is 0.211. The van der Waals surface area contributed by atoms with Crippen LogP contribution >= 0.6 is 0 Å². The highest BCUT2D eigenvalue weighted by atomic mass is 16.5. The molecule has 0 radical (unpaired) electrons. The van der Waals surface area contributed by atoms with Crippen LogP contribution in [0.15, 0.2) is 42.5 Å². The molecule has 4 nitrogen and oxygen atoms in total. The Morgan fingerprint density at radius 3 is 2.35 bits per heavy atom. The van der Waals surface area contributed by atoms with Gasteiger partial charge < -0.3 is 14.4 Å².